The molecule has 2 N–H and O–H groups in total. The molecular formula is C20H35FIN5. The van der Waals surface area contributed by atoms with Gasteiger partial charge in [-0.05, 0) is 44.3 Å². The fraction of sp³-hybridized carbons (Fsp3) is 0.650. The number of guanidine groups is 1. The monoisotopic (exact) mass is 491 g/mol. The van der Waals surface area contributed by atoms with Crippen molar-refractivity contribution in [3.05, 3.63) is 35.6 Å². The van der Waals surface area contributed by atoms with Gasteiger partial charge in [0, 0.05) is 45.2 Å². The van der Waals surface area contributed by atoms with Crippen molar-refractivity contribution in [2.45, 2.75) is 25.7 Å². The first kappa shape index (κ1) is 24.1. The second kappa shape index (κ2) is 11.8. The zero-order valence-corrected chi connectivity index (χ0v) is 19.4. The van der Waals surface area contributed by atoms with Crippen molar-refractivity contribution in [3.8, 4) is 0 Å². The molecule has 1 aliphatic rings. The summed E-state index contributed by atoms with van der Waals surface area (Å²) >= 11 is 0. The highest BCUT2D eigenvalue weighted by Crippen LogP contribution is 2.22. The summed E-state index contributed by atoms with van der Waals surface area (Å²) in [5.74, 6) is 0.600. The molecule has 0 saturated carbocycles. The average Bonchev–Trinajstić information content (AvgIpc) is 2.82. The lowest BCUT2D eigenvalue weighted by molar-refractivity contribution is 0.280. The van der Waals surface area contributed by atoms with Crippen LogP contribution in [0.1, 0.15) is 25.8 Å². The Morgan fingerprint density at radius 2 is 1.96 bits per heavy atom. The molecule has 0 unspecified atom stereocenters. The smallest absolute Gasteiger partial charge is 0.191 e. The van der Waals surface area contributed by atoms with Crippen molar-refractivity contribution in [1.82, 2.24) is 20.4 Å². The Kier molecular flexibility index (Phi) is 10.5. The van der Waals surface area contributed by atoms with E-state index >= 15 is 0 Å². The molecule has 27 heavy (non-hydrogen) atoms. The predicted octanol–water partition coefficient (Wildman–Crippen LogP) is 2.52. The fourth-order valence-corrected chi connectivity index (χ4v) is 3.19. The molecule has 0 atom stereocenters. The quantitative estimate of drug-likeness (QED) is 0.365. The van der Waals surface area contributed by atoms with Crippen LogP contribution in [0.15, 0.2) is 29.3 Å². The molecule has 5 nitrogen and oxygen atoms in total. The number of aliphatic imine (C=N–C) groups is 1. The maximum atomic E-state index is 13.5. The van der Waals surface area contributed by atoms with Gasteiger partial charge in [-0.15, -0.1) is 24.0 Å². The molecule has 7 heteroatoms. The number of halogens is 2. The second-order valence-electron chi connectivity index (χ2n) is 7.75. The molecule has 2 rings (SSSR count). The molecule has 0 radical (unpaired) electrons. The second-order valence-corrected chi connectivity index (χ2v) is 7.75. The molecule has 0 aliphatic carbocycles. The van der Waals surface area contributed by atoms with Crippen LogP contribution < -0.4 is 10.6 Å². The molecule has 1 heterocycles. The van der Waals surface area contributed by atoms with E-state index in [4.69, 9.17) is 0 Å². The highest BCUT2D eigenvalue weighted by atomic mass is 127. The number of nitrogens with zero attached hydrogens (tertiary/aromatic N) is 3. The zero-order chi connectivity index (χ0) is 19.0. The molecule has 1 aliphatic heterocycles. The zero-order valence-electron chi connectivity index (χ0n) is 17.1. The van der Waals surface area contributed by atoms with E-state index in [1.54, 1.807) is 19.2 Å². The molecule has 0 amide bonds. The maximum Gasteiger partial charge on any atom is 0.191 e. The Bertz CT molecular complexity index is 593. The summed E-state index contributed by atoms with van der Waals surface area (Å²) in [7, 11) is 3.97. The number of benzene rings is 1. The fourth-order valence-electron chi connectivity index (χ4n) is 3.19. The summed E-state index contributed by atoms with van der Waals surface area (Å²) < 4.78 is 13.5. The largest absolute Gasteiger partial charge is 0.356 e. The molecule has 1 aromatic rings. The Labute approximate surface area is 180 Å². The molecule has 0 bridgehead atoms. The van der Waals surface area contributed by atoms with Crippen LogP contribution in [-0.2, 0) is 5.41 Å². The summed E-state index contributed by atoms with van der Waals surface area (Å²) in [5.41, 5.74) is 0.795. The first-order chi connectivity index (χ1) is 12.4. The summed E-state index contributed by atoms with van der Waals surface area (Å²) in [4.78, 5) is 9.20. The van der Waals surface area contributed by atoms with E-state index in [0.717, 1.165) is 44.2 Å². The van der Waals surface area contributed by atoms with Crippen molar-refractivity contribution in [2.24, 2.45) is 4.99 Å². The maximum absolute atomic E-state index is 13.5. The topological polar surface area (TPSA) is 42.9 Å². The molecular weight excluding hydrogens is 456 g/mol. The van der Waals surface area contributed by atoms with Crippen LogP contribution in [0.4, 0.5) is 4.39 Å². The van der Waals surface area contributed by atoms with Gasteiger partial charge in [0.2, 0.25) is 0 Å². The minimum Gasteiger partial charge on any atom is -0.356 e. The van der Waals surface area contributed by atoms with Gasteiger partial charge < -0.3 is 20.4 Å². The third kappa shape index (κ3) is 8.31. The van der Waals surface area contributed by atoms with Gasteiger partial charge in [-0.3, -0.25) is 4.99 Å². The van der Waals surface area contributed by atoms with Crippen molar-refractivity contribution < 1.29 is 4.39 Å². The molecule has 0 spiro atoms. The highest BCUT2D eigenvalue weighted by molar-refractivity contribution is 14.0. The van der Waals surface area contributed by atoms with E-state index in [1.165, 1.54) is 19.0 Å². The van der Waals surface area contributed by atoms with E-state index in [9.17, 15) is 4.39 Å². The summed E-state index contributed by atoms with van der Waals surface area (Å²) in [6.45, 7) is 11.4. The van der Waals surface area contributed by atoms with E-state index < -0.39 is 0 Å². The van der Waals surface area contributed by atoms with E-state index in [2.05, 4.69) is 46.3 Å². The van der Waals surface area contributed by atoms with Crippen LogP contribution in [0.2, 0.25) is 0 Å². The number of hydrogen-bond acceptors (Lipinski definition) is 3. The van der Waals surface area contributed by atoms with Gasteiger partial charge in [-0.25, -0.2) is 4.39 Å². The van der Waals surface area contributed by atoms with Crippen LogP contribution >= 0.6 is 24.0 Å². The van der Waals surface area contributed by atoms with Crippen molar-refractivity contribution in [3.63, 3.8) is 0 Å². The van der Waals surface area contributed by atoms with Gasteiger partial charge in [0.05, 0.1) is 0 Å². The molecule has 1 fully saturated rings. The Balaban J connectivity index is 0.00000364. The summed E-state index contributed by atoms with van der Waals surface area (Å²) in [6.07, 6.45) is 1.23. The van der Waals surface area contributed by atoms with Crippen molar-refractivity contribution in [2.75, 3.05) is 59.9 Å². The van der Waals surface area contributed by atoms with Crippen molar-refractivity contribution >= 4 is 29.9 Å². The van der Waals surface area contributed by atoms with Gasteiger partial charge in [0.15, 0.2) is 5.96 Å². The van der Waals surface area contributed by atoms with Crippen LogP contribution in [-0.4, -0.2) is 75.7 Å². The van der Waals surface area contributed by atoms with E-state index in [-0.39, 0.29) is 35.2 Å². The average molecular weight is 491 g/mol. The lowest BCUT2D eigenvalue weighted by atomic mass is 9.84. The van der Waals surface area contributed by atoms with Crippen molar-refractivity contribution in [1.29, 1.82) is 0 Å². The Morgan fingerprint density at radius 3 is 2.67 bits per heavy atom. The Morgan fingerprint density at radius 1 is 1.19 bits per heavy atom. The molecule has 1 saturated heterocycles. The summed E-state index contributed by atoms with van der Waals surface area (Å²) in [5, 5.41) is 6.77. The van der Waals surface area contributed by atoms with Gasteiger partial charge in [0.1, 0.15) is 5.82 Å². The van der Waals surface area contributed by atoms with E-state index in [0.29, 0.717) is 6.54 Å². The van der Waals surface area contributed by atoms with Gasteiger partial charge in [-0.2, -0.15) is 0 Å². The first-order valence-corrected chi connectivity index (χ1v) is 9.52. The number of rotatable bonds is 6. The first-order valence-electron chi connectivity index (χ1n) is 9.52. The van der Waals surface area contributed by atoms with Crippen LogP contribution in [0.25, 0.3) is 0 Å². The lowest BCUT2D eigenvalue weighted by Crippen LogP contribution is -2.45. The van der Waals surface area contributed by atoms with Crippen LogP contribution in [0.5, 0.6) is 0 Å². The third-order valence-corrected chi connectivity index (χ3v) is 5.06. The highest BCUT2D eigenvalue weighted by Gasteiger charge is 2.21. The third-order valence-electron chi connectivity index (χ3n) is 5.06. The molecule has 0 aromatic heterocycles. The molecule has 154 valence electrons. The van der Waals surface area contributed by atoms with Crippen LogP contribution in [0.3, 0.4) is 0 Å². The minimum absolute atomic E-state index is 0. The Hall–Kier alpha value is -0.930. The predicted molar refractivity (Wildman–Crippen MR) is 123 cm³/mol. The van der Waals surface area contributed by atoms with Gasteiger partial charge >= 0.3 is 0 Å². The summed E-state index contributed by atoms with van der Waals surface area (Å²) in [6, 6.07) is 6.82. The number of hydrogen-bond donors (Lipinski definition) is 2. The number of nitrogens with one attached hydrogen (secondary N) is 2. The number of likely N-dealkylation sites (N-methyl/N-ethyl adjacent to an activating group) is 1. The SMILES string of the molecule is CN=C(NCCN1CCCN(C)CC1)NCC(C)(C)c1cccc(F)c1.I. The van der Waals surface area contributed by atoms with Gasteiger partial charge in [0.25, 0.3) is 0 Å². The normalized spacial score (nSPS) is 17.1. The lowest BCUT2D eigenvalue weighted by Gasteiger charge is -2.27. The van der Waals surface area contributed by atoms with E-state index in [1.807, 2.05) is 6.07 Å². The van der Waals surface area contributed by atoms with Gasteiger partial charge in [-0.1, -0.05) is 26.0 Å². The molecule has 1 aromatic carbocycles. The minimum atomic E-state index is -0.193. The standard InChI is InChI=1S/C20H34FN5.HI/c1-20(2,17-7-5-8-18(21)15-17)16-24-19(22-3)23-9-12-26-11-6-10-25(4)13-14-26;/h5,7-8,15H,6,9-14,16H2,1-4H3,(H2,22,23,24);1H. The van der Waals surface area contributed by atoms with Crippen LogP contribution in [0, 0.1) is 5.82 Å².